The molecular weight excluding hydrogens is 322 g/mol. The van der Waals surface area contributed by atoms with Gasteiger partial charge in [0, 0.05) is 38.1 Å². The molecule has 1 aromatic heterocycles. The van der Waals surface area contributed by atoms with E-state index >= 15 is 0 Å². The van der Waals surface area contributed by atoms with Gasteiger partial charge in [-0.05, 0) is 24.6 Å². The number of fused-ring (bicyclic) bond motifs is 1. The van der Waals surface area contributed by atoms with E-state index in [1.54, 1.807) is 6.20 Å². The minimum absolute atomic E-state index is 0.198. The Kier molecular flexibility index (Phi) is 5.03. The van der Waals surface area contributed by atoms with E-state index in [2.05, 4.69) is 10.00 Å². The molecule has 3 heterocycles. The maximum atomic E-state index is 5.84. The minimum Gasteiger partial charge on any atom is -0.493 e. The fourth-order valence-electron chi connectivity index (χ4n) is 3.16. The molecule has 0 bridgehead atoms. The summed E-state index contributed by atoms with van der Waals surface area (Å²) < 4.78 is 24.3. The first kappa shape index (κ1) is 16.2. The number of morpholine rings is 1. The van der Waals surface area contributed by atoms with Gasteiger partial charge in [-0.15, -0.1) is 0 Å². The van der Waals surface area contributed by atoms with Crippen molar-refractivity contribution in [3.05, 3.63) is 36.7 Å². The lowest BCUT2D eigenvalue weighted by Gasteiger charge is -2.32. The van der Waals surface area contributed by atoms with Gasteiger partial charge in [0.1, 0.15) is 5.75 Å². The Hall–Kier alpha value is -2.25. The van der Waals surface area contributed by atoms with Gasteiger partial charge in [0.25, 0.3) is 0 Å². The van der Waals surface area contributed by atoms with Crippen LogP contribution in [0, 0.1) is 0 Å². The molecule has 25 heavy (non-hydrogen) atoms. The molecule has 0 amide bonds. The van der Waals surface area contributed by atoms with Crippen LogP contribution in [0.15, 0.2) is 36.7 Å². The predicted octanol–water partition coefficient (Wildman–Crippen LogP) is 1.78. The lowest BCUT2D eigenvalue weighted by Crippen LogP contribution is -2.44. The van der Waals surface area contributed by atoms with Crippen molar-refractivity contribution < 1.29 is 18.9 Å². The van der Waals surface area contributed by atoms with Crippen LogP contribution < -0.4 is 14.2 Å². The van der Waals surface area contributed by atoms with E-state index in [9.17, 15) is 0 Å². The molecule has 1 saturated heterocycles. The largest absolute Gasteiger partial charge is 0.493 e. The number of rotatable bonds is 7. The summed E-state index contributed by atoms with van der Waals surface area (Å²) in [5.74, 6) is 2.36. The molecule has 4 rings (SSSR count). The van der Waals surface area contributed by atoms with Gasteiger partial charge in [-0.25, -0.2) is 0 Å². The van der Waals surface area contributed by atoms with E-state index in [0.717, 1.165) is 56.5 Å². The molecule has 2 aliphatic heterocycles. The third-order valence-corrected chi connectivity index (χ3v) is 4.40. The van der Waals surface area contributed by atoms with Gasteiger partial charge in [0.05, 0.1) is 25.9 Å². The van der Waals surface area contributed by atoms with Gasteiger partial charge in [0.15, 0.2) is 11.5 Å². The van der Waals surface area contributed by atoms with Crippen LogP contribution in [0.5, 0.6) is 17.2 Å². The van der Waals surface area contributed by atoms with Gasteiger partial charge in [-0.2, -0.15) is 5.10 Å². The van der Waals surface area contributed by atoms with E-state index in [0.29, 0.717) is 6.61 Å². The first-order valence-electron chi connectivity index (χ1n) is 8.71. The second-order valence-corrected chi connectivity index (χ2v) is 6.24. The summed E-state index contributed by atoms with van der Waals surface area (Å²) in [6.45, 7) is 5.45. The molecule has 1 atom stereocenters. The molecule has 134 valence electrons. The van der Waals surface area contributed by atoms with Crippen LogP contribution in [0.1, 0.15) is 6.42 Å². The Labute approximate surface area is 147 Å². The van der Waals surface area contributed by atoms with Crippen LogP contribution in [0.2, 0.25) is 0 Å². The molecule has 0 unspecified atom stereocenters. The van der Waals surface area contributed by atoms with Crippen molar-refractivity contribution in [2.75, 3.05) is 39.6 Å². The smallest absolute Gasteiger partial charge is 0.231 e. The Bertz CT molecular complexity index is 677. The predicted molar refractivity (Wildman–Crippen MR) is 91.1 cm³/mol. The van der Waals surface area contributed by atoms with Crippen molar-refractivity contribution in [3.63, 3.8) is 0 Å². The van der Waals surface area contributed by atoms with E-state index < -0.39 is 0 Å². The number of hydrogen-bond acceptors (Lipinski definition) is 6. The summed E-state index contributed by atoms with van der Waals surface area (Å²) in [5, 5.41) is 4.25. The Morgan fingerprint density at radius 1 is 1.24 bits per heavy atom. The third kappa shape index (κ3) is 4.24. The quantitative estimate of drug-likeness (QED) is 0.713. The van der Waals surface area contributed by atoms with Crippen LogP contribution in [0.4, 0.5) is 0 Å². The summed E-state index contributed by atoms with van der Waals surface area (Å²) in [6.07, 6.45) is 4.95. The summed E-state index contributed by atoms with van der Waals surface area (Å²) in [6, 6.07) is 7.63. The van der Waals surface area contributed by atoms with Crippen molar-refractivity contribution in [3.8, 4) is 17.2 Å². The monoisotopic (exact) mass is 345 g/mol. The molecule has 7 nitrogen and oxygen atoms in total. The van der Waals surface area contributed by atoms with E-state index in [1.807, 2.05) is 35.1 Å². The van der Waals surface area contributed by atoms with Crippen LogP contribution >= 0.6 is 0 Å². The molecule has 0 N–H and O–H groups in total. The highest BCUT2D eigenvalue weighted by atomic mass is 16.7. The maximum absolute atomic E-state index is 5.84. The first-order valence-corrected chi connectivity index (χ1v) is 8.71. The molecule has 2 aromatic rings. The van der Waals surface area contributed by atoms with Crippen LogP contribution in [-0.2, 0) is 11.3 Å². The fraction of sp³-hybridized carbons (Fsp3) is 0.500. The van der Waals surface area contributed by atoms with Crippen molar-refractivity contribution >= 4 is 0 Å². The normalized spacial score (nSPS) is 19.9. The zero-order valence-corrected chi connectivity index (χ0v) is 14.2. The Balaban J connectivity index is 1.18. The molecule has 1 fully saturated rings. The van der Waals surface area contributed by atoms with Gasteiger partial charge in [-0.1, -0.05) is 0 Å². The summed E-state index contributed by atoms with van der Waals surface area (Å²) >= 11 is 0. The summed E-state index contributed by atoms with van der Waals surface area (Å²) in [5.41, 5.74) is 0. The number of hydrogen-bond donors (Lipinski definition) is 0. The fourth-order valence-corrected chi connectivity index (χ4v) is 3.16. The molecule has 0 spiro atoms. The summed E-state index contributed by atoms with van der Waals surface area (Å²) in [7, 11) is 0. The standard InChI is InChI=1S/C18H23N3O4/c1-5-19-21(7-1)13-16-12-20(8-10-23-16)6-2-9-22-15-3-4-17-18(11-15)25-14-24-17/h1,3-5,7,11,16H,2,6,8-10,12-14H2/t16-/m1/s1. The van der Waals surface area contributed by atoms with Gasteiger partial charge in [0.2, 0.25) is 6.79 Å². The highest BCUT2D eigenvalue weighted by Crippen LogP contribution is 2.35. The highest BCUT2D eigenvalue weighted by Gasteiger charge is 2.20. The number of benzene rings is 1. The van der Waals surface area contributed by atoms with Crippen molar-refractivity contribution in [1.82, 2.24) is 14.7 Å². The van der Waals surface area contributed by atoms with Crippen molar-refractivity contribution in [1.29, 1.82) is 0 Å². The summed E-state index contributed by atoms with van der Waals surface area (Å²) in [4.78, 5) is 2.43. The van der Waals surface area contributed by atoms with Crippen molar-refractivity contribution in [2.24, 2.45) is 0 Å². The lowest BCUT2D eigenvalue weighted by atomic mass is 10.2. The van der Waals surface area contributed by atoms with Gasteiger partial charge in [-0.3, -0.25) is 9.58 Å². The zero-order valence-electron chi connectivity index (χ0n) is 14.2. The van der Waals surface area contributed by atoms with Crippen LogP contribution in [0.3, 0.4) is 0 Å². The first-order chi connectivity index (χ1) is 12.4. The average molecular weight is 345 g/mol. The zero-order chi connectivity index (χ0) is 16.9. The van der Waals surface area contributed by atoms with Gasteiger partial charge < -0.3 is 18.9 Å². The van der Waals surface area contributed by atoms with Gasteiger partial charge >= 0.3 is 0 Å². The average Bonchev–Trinajstić information content (AvgIpc) is 3.30. The number of nitrogens with zero attached hydrogens (tertiary/aromatic N) is 3. The van der Waals surface area contributed by atoms with Crippen LogP contribution in [0.25, 0.3) is 0 Å². The minimum atomic E-state index is 0.198. The molecule has 0 aliphatic carbocycles. The molecule has 0 saturated carbocycles. The van der Waals surface area contributed by atoms with E-state index in [1.165, 1.54) is 0 Å². The molecular formula is C18H23N3O4. The number of ether oxygens (including phenoxy) is 4. The van der Waals surface area contributed by atoms with Crippen LogP contribution in [-0.4, -0.2) is 60.4 Å². The lowest BCUT2D eigenvalue weighted by molar-refractivity contribution is -0.0383. The highest BCUT2D eigenvalue weighted by molar-refractivity contribution is 5.46. The second-order valence-electron chi connectivity index (χ2n) is 6.24. The van der Waals surface area contributed by atoms with Crippen molar-refractivity contribution in [2.45, 2.75) is 19.1 Å². The van der Waals surface area contributed by atoms with E-state index in [-0.39, 0.29) is 12.9 Å². The van der Waals surface area contributed by atoms with E-state index in [4.69, 9.17) is 18.9 Å². The maximum Gasteiger partial charge on any atom is 0.231 e. The molecule has 2 aliphatic rings. The topological polar surface area (TPSA) is 58.0 Å². The molecule has 7 heteroatoms. The molecule has 0 radical (unpaired) electrons. The second kappa shape index (κ2) is 7.76. The Morgan fingerprint density at radius 2 is 2.20 bits per heavy atom. The number of aromatic nitrogens is 2. The third-order valence-electron chi connectivity index (χ3n) is 4.40. The molecule has 1 aromatic carbocycles. The Morgan fingerprint density at radius 3 is 3.12 bits per heavy atom. The SMILES string of the molecule is c1cnn(C[C@H]2CN(CCCOc3ccc4c(c3)OCO4)CCO2)c1.